The fourth-order valence-electron chi connectivity index (χ4n) is 3.63. The maximum absolute atomic E-state index is 13.1. The normalized spacial score (nSPS) is 14.9. The quantitative estimate of drug-likeness (QED) is 0.565. The molecule has 0 atom stereocenters. The molecule has 3 rings (SSSR count). The SMILES string of the molecule is CSc1nc(C)c(CCC(=O)N2CCCN(c3ccc(F)cc3)CC2)c(C)n1. The maximum Gasteiger partial charge on any atom is 0.222 e. The summed E-state index contributed by atoms with van der Waals surface area (Å²) in [4.78, 5) is 25.9. The molecule has 150 valence electrons. The van der Waals surface area contributed by atoms with E-state index in [9.17, 15) is 9.18 Å². The molecular formula is C21H27FN4OS. The molecule has 1 saturated heterocycles. The van der Waals surface area contributed by atoms with Gasteiger partial charge in [-0.2, -0.15) is 0 Å². The summed E-state index contributed by atoms with van der Waals surface area (Å²) in [5.41, 5.74) is 4.01. The number of nitrogens with zero attached hydrogens (tertiary/aromatic N) is 4. The number of amides is 1. The Morgan fingerprint density at radius 3 is 2.39 bits per heavy atom. The van der Waals surface area contributed by atoms with Crippen molar-refractivity contribution in [3.05, 3.63) is 47.0 Å². The van der Waals surface area contributed by atoms with Crippen LogP contribution in [0.1, 0.15) is 29.8 Å². The fraction of sp³-hybridized carbons (Fsp3) is 0.476. The van der Waals surface area contributed by atoms with Gasteiger partial charge in [0.05, 0.1) is 0 Å². The van der Waals surface area contributed by atoms with Crippen molar-refractivity contribution in [2.45, 2.75) is 38.3 Å². The molecule has 0 unspecified atom stereocenters. The van der Waals surface area contributed by atoms with Crippen LogP contribution in [-0.4, -0.2) is 53.2 Å². The third-order valence-electron chi connectivity index (χ3n) is 5.21. The van der Waals surface area contributed by atoms with Crippen LogP contribution in [0.15, 0.2) is 29.4 Å². The average Bonchev–Trinajstić information content (AvgIpc) is 2.94. The number of halogens is 1. The minimum absolute atomic E-state index is 0.175. The number of carbonyl (C=O) groups excluding carboxylic acids is 1. The van der Waals surface area contributed by atoms with Crippen molar-refractivity contribution in [2.75, 3.05) is 37.3 Å². The van der Waals surface area contributed by atoms with E-state index in [0.29, 0.717) is 19.4 Å². The number of carbonyl (C=O) groups is 1. The largest absolute Gasteiger partial charge is 0.370 e. The van der Waals surface area contributed by atoms with Gasteiger partial charge in [-0.15, -0.1) is 0 Å². The molecule has 7 heteroatoms. The van der Waals surface area contributed by atoms with Crippen molar-refractivity contribution in [1.82, 2.24) is 14.9 Å². The van der Waals surface area contributed by atoms with E-state index >= 15 is 0 Å². The third-order valence-corrected chi connectivity index (χ3v) is 5.76. The summed E-state index contributed by atoms with van der Waals surface area (Å²) in [6, 6.07) is 6.57. The van der Waals surface area contributed by atoms with E-state index in [0.717, 1.165) is 53.9 Å². The van der Waals surface area contributed by atoms with Crippen LogP contribution in [0.3, 0.4) is 0 Å². The molecule has 1 aliphatic rings. The molecule has 1 aromatic heterocycles. The Kier molecular flexibility index (Phi) is 6.88. The lowest BCUT2D eigenvalue weighted by Crippen LogP contribution is -2.35. The first-order valence-corrected chi connectivity index (χ1v) is 10.9. The Hall–Kier alpha value is -2.15. The van der Waals surface area contributed by atoms with Crippen LogP contribution in [0, 0.1) is 19.7 Å². The molecular weight excluding hydrogens is 375 g/mol. The summed E-state index contributed by atoms with van der Waals surface area (Å²) < 4.78 is 13.1. The van der Waals surface area contributed by atoms with E-state index in [1.165, 1.54) is 23.9 Å². The van der Waals surface area contributed by atoms with Gasteiger partial charge in [0.2, 0.25) is 5.91 Å². The van der Waals surface area contributed by atoms with Crippen LogP contribution < -0.4 is 4.90 Å². The molecule has 1 aliphatic heterocycles. The molecule has 2 heterocycles. The molecule has 0 bridgehead atoms. The zero-order chi connectivity index (χ0) is 20.1. The van der Waals surface area contributed by atoms with Crippen molar-refractivity contribution in [3.8, 4) is 0 Å². The van der Waals surface area contributed by atoms with Crippen LogP contribution in [0.4, 0.5) is 10.1 Å². The summed E-state index contributed by atoms with van der Waals surface area (Å²) >= 11 is 1.53. The smallest absolute Gasteiger partial charge is 0.222 e. The number of hydrogen-bond acceptors (Lipinski definition) is 5. The number of thioether (sulfide) groups is 1. The molecule has 1 aromatic carbocycles. The first-order valence-electron chi connectivity index (χ1n) is 9.64. The Balaban J connectivity index is 1.57. The van der Waals surface area contributed by atoms with Crippen molar-refractivity contribution < 1.29 is 9.18 Å². The van der Waals surface area contributed by atoms with Crippen LogP contribution in [0.25, 0.3) is 0 Å². The molecule has 0 aliphatic carbocycles. The minimum atomic E-state index is -0.226. The van der Waals surface area contributed by atoms with Crippen molar-refractivity contribution in [2.24, 2.45) is 0 Å². The molecule has 1 amide bonds. The van der Waals surface area contributed by atoms with Crippen LogP contribution in [0.5, 0.6) is 0 Å². The van der Waals surface area contributed by atoms with E-state index in [-0.39, 0.29) is 11.7 Å². The zero-order valence-corrected chi connectivity index (χ0v) is 17.6. The van der Waals surface area contributed by atoms with Gasteiger partial charge < -0.3 is 9.80 Å². The second kappa shape index (κ2) is 9.37. The van der Waals surface area contributed by atoms with Gasteiger partial charge in [-0.05, 0) is 62.8 Å². The molecule has 5 nitrogen and oxygen atoms in total. The predicted molar refractivity (Wildman–Crippen MR) is 111 cm³/mol. The highest BCUT2D eigenvalue weighted by atomic mass is 32.2. The average molecular weight is 403 g/mol. The second-order valence-corrected chi connectivity index (χ2v) is 7.83. The van der Waals surface area contributed by atoms with E-state index in [4.69, 9.17) is 0 Å². The third kappa shape index (κ3) is 5.01. The summed E-state index contributed by atoms with van der Waals surface area (Å²) in [5, 5.41) is 0.776. The Morgan fingerprint density at radius 1 is 1.07 bits per heavy atom. The fourth-order valence-corrected chi connectivity index (χ4v) is 4.09. The highest BCUT2D eigenvalue weighted by Crippen LogP contribution is 2.19. The second-order valence-electron chi connectivity index (χ2n) is 7.06. The number of benzene rings is 1. The summed E-state index contributed by atoms with van der Waals surface area (Å²) in [6.45, 7) is 7.06. The predicted octanol–water partition coefficient (Wildman–Crippen LogP) is 3.63. The van der Waals surface area contributed by atoms with E-state index in [2.05, 4.69) is 14.9 Å². The molecule has 0 radical (unpaired) electrons. The lowest BCUT2D eigenvalue weighted by Gasteiger charge is -2.24. The van der Waals surface area contributed by atoms with E-state index < -0.39 is 0 Å². The van der Waals surface area contributed by atoms with E-state index in [1.54, 1.807) is 12.1 Å². The molecule has 0 N–H and O–H groups in total. The number of aryl methyl sites for hydroxylation is 2. The van der Waals surface area contributed by atoms with E-state index in [1.807, 2.05) is 25.0 Å². The lowest BCUT2D eigenvalue weighted by atomic mass is 10.1. The van der Waals surface area contributed by atoms with Gasteiger partial charge in [0.25, 0.3) is 0 Å². The van der Waals surface area contributed by atoms with Crippen molar-refractivity contribution >= 4 is 23.4 Å². The summed E-state index contributed by atoms with van der Waals surface area (Å²) in [6.07, 6.45) is 4.02. The summed E-state index contributed by atoms with van der Waals surface area (Å²) in [5.74, 6) is -0.0517. The van der Waals surface area contributed by atoms with Gasteiger partial charge in [-0.3, -0.25) is 4.79 Å². The van der Waals surface area contributed by atoms with Crippen LogP contribution >= 0.6 is 11.8 Å². The Morgan fingerprint density at radius 2 is 1.75 bits per heavy atom. The highest BCUT2D eigenvalue weighted by molar-refractivity contribution is 7.98. The van der Waals surface area contributed by atoms with Gasteiger partial charge >= 0.3 is 0 Å². The zero-order valence-electron chi connectivity index (χ0n) is 16.7. The molecule has 1 fully saturated rings. The molecule has 2 aromatic rings. The van der Waals surface area contributed by atoms with Gasteiger partial charge in [0.1, 0.15) is 5.82 Å². The molecule has 0 spiro atoms. The topological polar surface area (TPSA) is 49.3 Å². The number of anilines is 1. The number of aromatic nitrogens is 2. The minimum Gasteiger partial charge on any atom is -0.370 e. The maximum atomic E-state index is 13.1. The van der Waals surface area contributed by atoms with Crippen molar-refractivity contribution in [1.29, 1.82) is 0 Å². The first kappa shape index (κ1) is 20.6. The van der Waals surface area contributed by atoms with Crippen molar-refractivity contribution in [3.63, 3.8) is 0 Å². The molecule has 0 saturated carbocycles. The van der Waals surface area contributed by atoms with Gasteiger partial charge in [-0.1, -0.05) is 11.8 Å². The van der Waals surface area contributed by atoms with Gasteiger partial charge in [0, 0.05) is 49.7 Å². The molecule has 28 heavy (non-hydrogen) atoms. The standard InChI is InChI=1S/C21H27FN4OS/c1-15-19(16(2)24-21(23-15)28-3)9-10-20(27)26-12-4-11-25(13-14-26)18-7-5-17(22)6-8-18/h5-8H,4,9-14H2,1-3H3. The Labute approximate surface area is 170 Å². The van der Waals surface area contributed by atoms with Crippen LogP contribution in [-0.2, 0) is 11.2 Å². The van der Waals surface area contributed by atoms with Crippen LogP contribution in [0.2, 0.25) is 0 Å². The van der Waals surface area contributed by atoms with Gasteiger partial charge in [-0.25, -0.2) is 14.4 Å². The monoisotopic (exact) mass is 402 g/mol. The number of hydrogen-bond donors (Lipinski definition) is 0. The lowest BCUT2D eigenvalue weighted by molar-refractivity contribution is -0.130. The Bertz CT molecular complexity index is 805. The highest BCUT2D eigenvalue weighted by Gasteiger charge is 2.20. The first-order chi connectivity index (χ1) is 13.5. The van der Waals surface area contributed by atoms with Gasteiger partial charge in [0.15, 0.2) is 5.16 Å². The number of rotatable bonds is 5. The summed E-state index contributed by atoms with van der Waals surface area (Å²) in [7, 11) is 0.